The number of para-hydroxylation sites is 2. The maximum atomic E-state index is 9.15. The van der Waals surface area contributed by atoms with Gasteiger partial charge in [0.05, 0.1) is 11.4 Å². The Labute approximate surface area is 201 Å². The molecule has 2 fully saturated rings. The molecule has 2 heterocycles. The number of benzene rings is 2. The summed E-state index contributed by atoms with van der Waals surface area (Å²) in [4.78, 5) is 7.69. The summed E-state index contributed by atoms with van der Waals surface area (Å²) in [5.74, 6) is 0.987. The molecule has 2 aliphatic heterocycles. The summed E-state index contributed by atoms with van der Waals surface area (Å²) in [6.07, 6.45) is 6.60. The normalized spacial score (nSPS) is 16.2. The summed E-state index contributed by atoms with van der Waals surface area (Å²) in [6, 6.07) is 19.5. The van der Waals surface area contributed by atoms with Crippen LogP contribution >= 0.6 is 11.8 Å². The van der Waals surface area contributed by atoms with Crippen LogP contribution in [-0.2, 0) is 0 Å². The minimum Gasteiger partial charge on any atom is -0.342 e. The summed E-state index contributed by atoms with van der Waals surface area (Å²) < 4.78 is 4.18. The van der Waals surface area contributed by atoms with Crippen LogP contribution < -0.4 is 9.80 Å². The number of hydrogen-bond acceptors (Lipinski definition) is 3. The topological polar surface area (TPSA) is 73.0 Å². The Hall–Kier alpha value is -3.06. The molecule has 174 valence electrons. The van der Waals surface area contributed by atoms with E-state index in [1.54, 1.807) is 9.80 Å². The third-order valence-electron chi connectivity index (χ3n) is 6.24. The highest BCUT2D eigenvalue weighted by molar-refractivity contribution is 6.34. The molecule has 0 saturated carbocycles. The van der Waals surface area contributed by atoms with Gasteiger partial charge in [-0.15, -0.1) is 4.51 Å². The molecule has 0 aromatic heterocycles. The molecule has 2 aliphatic rings. The third-order valence-corrected chi connectivity index (χ3v) is 6.39. The maximum absolute atomic E-state index is 9.15. The minimum atomic E-state index is 0.327. The van der Waals surface area contributed by atoms with Gasteiger partial charge in [0.1, 0.15) is 0 Å². The highest BCUT2D eigenvalue weighted by Gasteiger charge is 2.33. The largest absolute Gasteiger partial charge is 0.342 e. The van der Waals surface area contributed by atoms with E-state index in [0.29, 0.717) is 17.9 Å². The molecule has 0 spiro atoms. The Morgan fingerprint density at radius 2 is 1.00 bits per heavy atom. The van der Waals surface area contributed by atoms with Crippen LogP contribution in [0, 0.1) is 10.8 Å². The number of anilines is 2. The molecule has 0 radical (unpaired) electrons. The molecular weight excluding hydrogens is 434 g/mol. The lowest BCUT2D eigenvalue weighted by atomic mass is 10.1. The average molecular weight is 466 g/mol. The Morgan fingerprint density at radius 3 is 1.33 bits per heavy atom. The molecule has 0 bridgehead atoms. The van der Waals surface area contributed by atoms with Gasteiger partial charge in [-0.2, -0.15) is 0 Å². The van der Waals surface area contributed by atoms with Crippen molar-refractivity contribution < 1.29 is 0 Å². The predicted molar refractivity (Wildman–Crippen MR) is 137 cm³/mol. The SMILES string of the molecule is N=C(N1CCCCC1)N(C(=NCl)N(C(=N)N1CCCCC1)c1ccccc1)c1ccccc1. The molecule has 0 unspecified atom stereocenters. The second-order valence-electron chi connectivity index (χ2n) is 8.47. The van der Waals surface area contributed by atoms with Crippen LogP contribution in [0.5, 0.6) is 0 Å². The van der Waals surface area contributed by atoms with Gasteiger partial charge in [0.15, 0.2) is 0 Å². The van der Waals surface area contributed by atoms with Gasteiger partial charge in [-0.05, 0) is 62.8 Å². The van der Waals surface area contributed by atoms with Crippen molar-refractivity contribution in [2.24, 2.45) is 4.51 Å². The van der Waals surface area contributed by atoms with Gasteiger partial charge < -0.3 is 9.80 Å². The molecule has 2 saturated heterocycles. The van der Waals surface area contributed by atoms with E-state index >= 15 is 0 Å². The number of likely N-dealkylation sites (tertiary alicyclic amines) is 2. The van der Waals surface area contributed by atoms with Crippen LogP contribution in [0.2, 0.25) is 0 Å². The first-order valence-corrected chi connectivity index (χ1v) is 12.1. The Kier molecular flexibility index (Phi) is 7.83. The maximum Gasteiger partial charge on any atom is 0.237 e. The number of halogens is 1. The van der Waals surface area contributed by atoms with Crippen molar-refractivity contribution in [2.75, 3.05) is 36.0 Å². The fraction of sp³-hybridized carbons (Fsp3) is 0.400. The number of rotatable bonds is 2. The zero-order chi connectivity index (χ0) is 23.0. The number of piperidine rings is 2. The monoisotopic (exact) mass is 465 g/mol. The Bertz CT molecular complexity index is 876. The third kappa shape index (κ3) is 5.30. The van der Waals surface area contributed by atoms with Gasteiger partial charge in [0.25, 0.3) is 0 Å². The fourth-order valence-electron chi connectivity index (χ4n) is 4.49. The molecule has 2 aromatic rings. The minimum absolute atomic E-state index is 0.327. The van der Waals surface area contributed by atoms with Gasteiger partial charge in [-0.1, -0.05) is 36.4 Å². The van der Waals surface area contributed by atoms with Gasteiger partial charge >= 0.3 is 0 Å². The average Bonchev–Trinajstić information content (AvgIpc) is 2.90. The molecule has 33 heavy (non-hydrogen) atoms. The zero-order valence-corrected chi connectivity index (χ0v) is 19.7. The van der Waals surface area contributed by atoms with E-state index in [9.17, 15) is 0 Å². The summed E-state index contributed by atoms with van der Waals surface area (Å²) in [5, 5.41) is 18.3. The van der Waals surface area contributed by atoms with E-state index in [1.165, 1.54) is 12.8 Å². The number of hydrogen-bond donors (Lipinski definition) is 2. The lowest BCUT2D eigenvalue weighted by Crippen LogP contribution is -2.58. The van der Waals surface area contributed by atoms with Crippen molar-refractivity contribution in [1.82, 2.24) is 9.80 Å². The number of guanidine groups is 3. The number of nitrogens with one attached hydrogen (secondary N) is 2. The van der Waals surface area contributed by atoms with Crippen molar-refractivity contribution in [3.8, 4) is 0 Å². The molecule has 7 nitrogen and oxygen atoms in total. The smallest absolute Gasteiger partial charge is 0.237 e. The fourth-order valence-corrected chi connectivity index (χ4v) is 4.64. The van der Waals surface area contributed by atoms with Crippen LogP contribution in [0.15, 0.2) is 65.2 Å². The highest BCUT2D eigenvalue weighted by atomic mass is 35.5. The predicted octanol–water partition coefficient (Wildman–Crippen LogP) is 5.35. The van der Waals surface area contributed by atoms with E-state index in [4.69, 9.17) is 22.6 Å². The molecule has 0 atom stereocenters. The van der Waals surface area contributed by atoms with Crippen LogP contribution in [0.3, 0.4) is 0 Å². The van der Waals surface area contributed by atoms with Crippen molar-refractivity contribution in [2.45, 2.75) is 38.5 Å². The van der Waals surface area contributed by atoms with Crippen LogP contribution in [0.4, 0.5) is 11.4 Å². The van der Waals surface area contributed by atoms with Crippen molar-refractivity contribution >= 4 is 41.0 Å². The van der Waals surface area contributed by atoms with Crippen LogP contribution in [0.25, 0.3) is 0 Å². The lowest BCUT2D eigenvalue weighted by Gasteiger charge is -2.41. The van der Waals surface area contributed by atoms with E-state index in [1.807, 2.05) is 60.7 Å². The summed E-state index contributed by atoms with van der Waals surface area (Å²) in [5.41, 5.74) is 1.58. The number of nitrogens with zero attached hydrogens (tertiary/aromatic N) is 5. The quantitative estimate of drug-likeness (QED) is 0.463. The molecule has 2 aromatic carbocycles. The van der Waals surface area contributed by atoms with Crippen LogP contribution in [0.1, 0.15) is 38.5 Å². The van der Waals surface area contributed by atoms with Gasteiger partial charge in [-0.25, -0.2) is 9.80 Å². The second kappa shape index (κ2) is 11.2. The first kappa shape index (κ1) is 23.1. The highest BCUT2D eigenvalue weighted by Crippen LogP contribution is 2.25. The van der Waals surface area contributed by atoms with E-state index in [-0.39, 0.29) is 0 Å². The molecule has 2 N–H and O–H groups in total. The van der Waals surface area contributed by atoms with Crippen molar-refractivity contribution in [3.63, 3.8) is 0 Å². The molecule has 0 aliphatic carbocycles. The van der Waals surface area contributed by atoms with E-state index < -0.39 is 0 Å². The standard InChI is InChI=1S/C25H32ClN7/c26-29-25(32(21-13-5-1-6-14-21)23(27)30-17-9-3-10-18-30)33(22-15-7-2-8-16-22)24(28)31-19-11-4-12-20-31/h1-2,5-8,13-16,27-28H,3-4,9-12,17-20H2. The Balaban J connectivity index is 1.77. The zero-order valence-electron chi connectivity index (χ0n) is 19.0. The van der Waals surface area contributed by atoms with Crippen molar-refractivity contribution in [3.05, 3.63) is 60.7 Å². The second-order valence-corrected chi connectivity index (χ2v) is 8.64. The lowest BCUT2D eigenvalue weighted by molar-refractivity contribution is 0.335. The summed E-state index contributed by atoms with van der Waals surface area (Å²) in [6.45, 7) is 3.30. The van der Waals surface area contributed by atoms with Crippen LogP contribution in [-0.4, -0.2) is 53.9 Å². The van der Waals surface area contributed by atoms with E-state index in [0.717, 1.165) is 63.2 Å². The summed E-state index contributed by atoms with van der Waals surface area (Å²) in [7, 11) is 0. The first-order chi connectivity index (χ1) is 16.2. The first-order valence-electron chi connectivity index (χ1n) is 11.8. The Morgan fingerprint density at radius 1 is 0.636 bits per heavy atom. The van der Waals surface area contributed by atoms with E-state index in [2.05, 4.69) is 14.3 Å². The molecule has 0 amide bonds. The van der Waals surface area contributed by atoms with Gasteiger partial charge in [-0.3, -0.25) is 10.8 Å². The van der Waals surface area contributed by atoms with Gasteiger partial charge in [0.2, 0.25) is 17.9 Å². The van der Waals surface area contributed by atoms with Crippen molar-refractivity contribution in [1.29, 1.82) is 10.8 Å². The summed E-state index contributed by atoms with van der Waals surface area (Å²) >= 11 is 6.30. The molecule has 8 heteroatoms. The van der Waals surface area contributed by atoms with Gasteiger partial charge in [0, 0.05) is 38.0 Å². The molecular formula is C25H32ClN7. The molecule has 4 rings (SSSR count).